The van der Waals surface area contributed by atoms with Gasteiger partial charge in [-0.2, -0.15) is 0 Å². The van der Waals surface area contributed by atoms with Gasteiger partial charge in [-0.3, -0.25) is 0 Å². The van der Waals surface area contributed by atoms with Gasteiger partial charge in [-0.25, -0.2) is 9.97 Å². The van der Waals surface area contributed by atoms with Crippen molar-refractivity contribution in [3.63, 3.8) is 0 Å². The minimum atomic E-state index is -0.429. The minimum absolute atomic E-state index is 0.163. The Morgan fingerprint density at radius 1 is 1.38 bits per heavy atom. The topological polar surface area (TPSA) is 78.3 Å². The smallest absolute Gasteiger partial charge is 0.137 e. The van der Waals surface area contributed by atoms with Crippen molar-refractivity contribution in [3.05, 3.63) is 17.0 Å². The van der Waals surface area contributed by atoms with E-state index in [2.05, 4.69) is 15.3 Å². The van der Waals surface area contributed by atoms with Gasteiger partial charge in [-0.1, -0.05) is 24.9 Å². The number of aliphatic hydroxyl groups is 2. The van der Waals surface area contributed by atoms with Crippen LogP contribution in [0.25, 0.3) is 0 Å². The quantitative estimate of drug-likeness (QED) is 0.648. The van der Waals surface area contributed by atoms with Crippen molar-refractivity contribution in [1.82, 2.24) is 9.97 Å². The lowest BCUT2D eigenvalue weighted by Crippen LogP contribution is -2.28. The normalized spacial score (nSPS) is 10.8. The van der Waals surface area contributed by atoms with E-state index in [4.69, 9.17) is 21.8 Å². The molecule has 0 aliphatic carbocycles. The van der Waals surface area contributed by atoms with E-state index in [1.54, 1.807) is 0 Å². The predicted octanol–water partition coefficient (Wildman–Crippen LogP) is 0.848. The summed E-state index contributed by atoms with van der Waals surface area (Å²) in [7, 11) is 0. The fraction of sp³-hybridized carbons (Fsp3) is 0.600. The Balaban J connectivity index is 2.89. The maximum absolute atomic E-state index is 8.98. The summed E-state index contributed by atoms with van der Waals surface area (Å²) in [6.07, 6.45) is 3.03. The summed E-state index contributed by atoms with van der Waals surface area (Å²) < 4.78 is 0. The number of hydrogen-bond acceptors (Lipinski definition) is 5. The molecule has 0 bridgehead atoms. The van der Waals surface area contributed by atoms with Crippen molar-refractivity contribution >= 4 is 17.4 Å². The number of rotatable bonds is 6. The number of nitrogens with one attached hydrogen (secondary N) is 1. The highest BCUT2D eigenvalue weighted by Gasteiger charge is 2.12. The lowest BCUT2D eigenvalue weighted by atomic mass is 10.2. The number of nitrogens with zero attached hydrogens (tertiary/aromatic N) is 2. The van der Waals surface area contributed by atoms with Crippen LogP contribution in [-0.2, 0) is 6.42 Å². The number of halogens is 1. The van der Waals surface area contributed by atoms with Crippen LogP contribution >= 0.6 is 11.6 Å². The first-order valence-electron chi connectivity index (χ1n) is 5.20. The first-order valence-corrected chi connectivity index (χ1v) is 5.58. The lowest BCUT2D eigenvalue weighted by molar-refractivity contribution is 0.203. The second-order valence-electron chi connectivity index (χ2n) is 3.45. The van der Waals surface area contributed by atoms with Crippen molar-refractivity contribution < 1.29 is 10.2 Å². The molecule has 5 nitrogen and oxygen atoms in total. The Labute approximate surface area is 99.5 Å². The SMILES string of the molecule is CCCc1c(Cl)ncnc1NC(CO)CO. The molecule has 1 aromatic heterocycles. The average molecular weight is 246 g/mol. The molecule has 0 saturated heterocycles. The van der Waals surface area contributed by atoms with E-state index < -0.39 is 6.04 Å². The Kier molecular flexibility index (Phi) is 5.45. The van der Waals surface area contributed by atoms with Crippen LogP contribution in [0.4, 0.5) is 5.82 Å². The Morgan fingerprint density at radius 2 is 2.06 bits per heavy atom. The molecule has 0 aliphatic heterocycles. The van der Waals surface area contributed by atoms with Crippen LogP contribution in [0.1, 0.15) is 18.9 Å². The third kappa shape index (κ3) is 3.30. The van der Waals surface area contributed by atoms with E-state index in [-0.39, 0.29) is 13.2 Å². The molecule has 0 fully saturated rings. The molecule has 0 saturated carbocycles. The Bertz CT molecular complexity index is 332. The summed E-state index contributed by atoms with van der Waals surface area (Å²) in [5.41, 5.74) is 0.818. The molecule has 0 aromatic carbocycles. The highest BCUT2D eigenvalue weighted by atomic mass is 35.5. The second kappa shape index (κ2) is 6.62. The zero-order chi connectivity index (χ0) is 12.0. The molecule has 1 aromatic rings. The highest BCUT2D eigenvalue weighted by molar-refractivity contribution is 6.30. The van der Waals surface area contributed by atoms with Gasteiger partial charge >= 0.3 is 0 Å². The number of aromatic nitrogens is 2. The van der Waals surface area contributed by atoms with Crippen LogP contribution in [0.15, 0.2) is 6.33 Å². The standard InChI is InChI=1S/C10H16ClN3O2/c1-2-3-8-9(11)12-6-13-10(8)14-7(4-15)5-16/h6-7,15-16H,2-5H2,1H3,(H,12,13,14). The molecule has 0 radical (unpaired) electrons. The Morgan fingerprint density at radius 3 is 2.62 bits per heavy atom. The summed E-state index contributed by atoms with van der Waals surface area (Å²) in [6.45, 7) is 1.70. The molecule has 6 heteroatoms. The van der Waals surface area contributed by atoms with Crippen molar-refractivity contribution in [2.75, 3.05) is 18.5 Å². The molecule has 0 unspecified atom stereocenters. The van der Waals surface area contributed by atoms with E-state index in [1.807, 2.05) is 6.92 Å². The maximum Gasteiger partial charge on any atom is 0.137 e. The van der Waals surface area contributed by atoms with Crippen LogP contribution in [0.5, 0.6) is 0 Å². The van der Waals surface area contributed by atoms with Gasteiger partial charge in [-0.05, 0) is 6.42 Å². The first kappa shape index (κ1) is 13.2. The zero-order valence-electron chi connectivity index (χ0n) is 9.15. The molecule has 1 heterocycles. The molecule has 3 N–H and O–H groups in total. The van der Waals surface area contributed by atoms with Gasteiger partial charge < -0.3 is 15.5 Å². The molecular formula is C10H16ClN3O2. The van der Waals surface area contributed by atoms with E-state index in [1.165, 1.54) is 6.33 Å². The van der Waals surface area contributed by atoms with E-state index in [0.29, 0.717) is 11.0 Å². The van der Waals surface area contributed by atoms with E-state index in [0.717, 1.165) is 18.4 Å². The summed E-state index contributed by atoms with van der Waals surface area (Å²) in [5, 5.41) is 21.3. The monoisotopic (exact) mass is 245 g/mol. The summed E-state index contributed by atoms with van der Waals surface area (Å²) in [4.78, 5) is 7.97. The number of hydrogen-bond donors (Lipinski definition) is 3. The molecule has 90 valence electrons. The Hall–Kier alpha value is -0.910. The van der Waals surface area contributed by atoms with Crippen LogP contribution in [0.2, 0.25) is 5.15 Å². The van der Waals surface area contributed by atoms with Gasteiger partial charge in [0.15, 0.2) is 0 Å². The molecule has 0 amide bonds. The average Bonchev–Trinajstić information content (AvgIpc) is 2.30. The van der Waals surface area contributed by atoms with E-state index >= 15 is 0 Å². The summed E-state index contributed by atoms with van der Waals surface area (Å²) in [5.74, 6) is 0.579. The first-order chi connectivity index (χ1) is 7.72. The van der Waals surface area contributed by atoms with Gasteiger partial charge in [-0.15, -0.1) is 0 Å². The van der Waals surface area contributed by atoms with Gasteiger partial charge in [0, 0.05) is 5.56 Å². The fourth-order valence-corrected chi connectivity index (χ4v) is 1.56. The summed E-state index contributed by atoms with van der Waals surface area (Å²) >= 11 is 5.96. The molecule has 16 heavy (non-hydrogen) atoms. The molecule has 0 atom stereocenters. The molecular weight excluding hydrogens is 230 g/mol. The van der Waals surface area contributed by atoms with Crippen LogP contribution in [0, 0.1) is 0 Å². The van der Waals surface area contributed by atoms with Crippen molar-refractivity contribution in [2.24, 2.45) is 0 Å². The van der Waals surface area contributed by atoms with Crippen molar-refractivity contribution in [1.29, 1.82) is 0 Å². The van der Waals surface area contributed by atoms with Crippen LogP contribution in [-0.4, -0.2) is 39.4 Å². The molecule has 0 aliphatic rings. The molecule has 1 rings (SSSR count). The van der Waals surface area contributed by atoms with E-state index in [9.17, 15) is 0 Å². The second-order valence-corrected chi connectivity index (χ2v) is 3.81. The minimum Gasteiger partial charge on any atom is -0.394 e. The third-order valence-electron chi connectivity index (χ3n) is 2.17. The van der Waals surface area contributed by atoms with Crippen molar-refractivity contribution in [3.8, 4) is 0 Å². The maximum atomic E-state index is 8.98. The fourth-order valence-electron chi connectivity index (χ4n) is 1.33. The lowest BCUT2D eigenvalue weighted by Gasteiger charge is -2.16. The van der Waals surface area contributed by atoms with Gasteiger partial charge in [0.05, 0.1) is 19.3 Å². The number of aliphatic hydroxyl groups excluding tert-OH is 2. The molecule has 0 spiro atoms. The summed E-state index contributed by atoms with van der Waals surface area (Å²) in [6, 6.07) is -0.429. The van der Waals surface area contributed by atoms with Gasteiger partial charge in [0.25, 0.3) is 0 Å². The van der Waals surface area contributed by atoms with Gasteiger partial charge in [0.1, 0.15) is 17.3 Å². The highest BCUT2D eigenvalue weighted by Crippen LogP contribution is 2.21. The van der Waals surface area contributed by atoms with Crippen LogP contribution < -0.4 is 5.32 Å². The zero-order valence-corrected chi connectivity index (χ0v) is 9.91. The third-order valence-corrected chi connectivity index (χ3v) is 2.50. The van der Waals surface area contributed by atoms with Gasteiger partial charge in [0.2, 0.25) is 0 Å². The largest absolute Gasteiger partial charge is 0.394 e. The van der Waals surface area contributed by atoms with Crippen molar-refractivity contribution in [2.45, 2.75) is 25.8 Å². The van der Waals surface area contributed by atoms with Crippen LogP contribution in [0.3, 0.4) is 0 Å². The predicted molar refractivity (Wildman–Crippen MR) is 62.6 cm³/mol. The number of anilines is 1.